The normalized spacial score (nSPS) is 10.8. The van der Waals surface area contributed by atoms with E-state index in [1.54, 1.807) is 18.1 Å². The number of carbonyl (C=O) groups excluding carboxylic acids is 1. The first-order valence-electron chi connectivity index (χ1n) is 6.79. The summed E-state index contributed by atoms with van der Waals surface area (Å²) in [5.74, 6) is 1.56. The van der Waals surface area contributed by atoms with Crippen molar-refractivity contribution in [3.8, 4) is 0 Å². The molecule has 0 aliphatic heterocycles. The number of hydrogen-bond acceptors (Lipinski definition) is 3. The van der Waals surface area contributed by atoms with Crippen LogP contribution < -0.4 is 0 Å². The van der Waals surface area contributed by atoms with Crippen molar-refractivity contribution in [1.29, 1.82) is 0 Å². The second kappa shape index (κ2) is 5.40. The molecule has 106 valence electrons. The van der Waals surface area contributed by atoms with Crippen molar-refractivity contribution in [2.45, 2.75) is 13.5 Å². The monoisotopic (exact) mass is 280 g/mol. The van der Waals surface area contributed by atoms with Crippen LogP contribution in [0.2, 0.25) is 0 Å². The number of benzene rings is 1. The molecule has 0 unspecified atom stereocenters. The minimum Gasteiger partial charge on any atom is -0.464 e. The Kier molecular flexibility index (Phi) is 3.44. The first-order valence-corrected chi connectivity index (χ1v) is 6.79. The van der Waals surface area contributed by atoms with E-state index in [1.807, 2.05) is 49.4 Å². The van der Waals surface area contributed by atoms with Gasteiger partial charge < -0.3 is 9.32 Å². The van der Waals surface area contributed by atoms with Crippen LogP contribution in [0.3, 0.4) is 0 Å². The van der Waals surface area contributed by atoms with Crippen molar-refractivity contribution in [3.63, 3.8) is 0 Å². The number of furan rings is 1. The summed E-state index contributed by atoms with van der Waals surface area (Å²) in [5.41, 5.74) is 1.34. The number of nitrogens with zero attached hydrogens (tertiary/aromatic N) is 2. The molecular weight excluding hydrogens is 264 g/mol. The fourth-order valence-electron chi connectivity index (χ4n) is 2.36. The Balaban J connectivity index is 1.89. The van der Waals surface area contributed by atoms with E-state index < -0.39 is 0 Å². The molecule has 3 aromatic rings. The lowest BCUT2D eigenvalue weighted by Crippen LogP contribution is -2.26. The Hall–Kier alpha value is -2.62. The summed E-state index contributed by atoms with van der Waals surface area (Å²) in [7, 11) is 1.77. The number of pyridine rings is 1. The molecule has 4 heteroatoms. The molecule has 2 aromatic heterocycles. The van der Waals surface area contributed by atoms with Gasteiger partial charge in [0.25, 0.3) is 5.91 Å². The number of hydrogen-bond donors (Lipinski definition) is 0. The third kappa shape index (κ3) is 2.65. The molecule has 0 saturated heterocycles. The Bertz CT molecular complexity index is 787. The summed E-state index contributed by atoms with van der Waals surface area (Å²) in [6.07, 6.45) is 1.70. The number of fused-ring (bicyclic) bond motifs is 1. The highest BCUT2D eigenvalue weighted by atomic mass is 16.3. The van der Waals surface area contributed by atoms with Gasteiger partial charge in [-0.15, -0.1) is 0 Å². The van der Waals surface area contributed by atoms with Crippen molar-refractivity contribution in [1.82, 2.24) is 9.88 Å². The number of aryl methyl sites for hydroxylation is 1. The zero-order chi connectivity index (χ0) is 14.8. The molecule has 3 rings (SSSR count). The van der Waals surface area contributed by atoms with Crippen LogP contribution >= 0.6 is 0 Å². The number of carbonyl (C=O) groups is 1. The molecule has 1 aromatic carbocycles. The maximum atomic E-state index is 12.6. The van der Waals surface area contributed by atoms with E-state index in [9.17, 15) is 4.79 Å². The van der Waals surface area contributed by atoms with Crippen LogP contribution in [-0.4, -0.2) is 22.8 Å². The third-order valence-electron chi connectivity index (χ3n) is 3.40. The molecule has 2 heterocycles. The lowest BCUT2D eigenvalue weighted by Gasteiger charge is -2.16. The van der Waals surface area contributed by atoms with Crippen LogP contribution in [0.1, 0.15) is 21.9 Å². The van der Waals surface area contributed by atoms with E-state index in [1.165, 1.54) is 0 Å². The molecular formula is C17H16N2O2. The van der Waals surface area contributed by atoms with Gasteiger partial charge in [0, 0.05) is 18.6 Å². The minimum atomic E-state index is -0.0617. The van der Waals surface area contributed by atoms with Crippen LogP contribution in [0.4, 0.5) is 0 Å². The van der Waals surface area contributed by atoms with Gasteiger partial charge in [0.1, 0.15) is 11.5 Å². The molecule has 0 aliphatic carbocycles. The van der Waals surface area contributed by atoms with E-state index >= 15 is 0 Å². The SMILES string of the molecule is Cc1ccc(CN(C)C(=O)c2cccc3cccnc23)o1. The van der Waals surface area contributed by atoms with Crippen LogP contribution in [-0.2, 0) is 6.54 Å². The van der Waals surface area contributed by atoms with Gasteiger partial charge in [-0.05, 0) is 31.2 Å². The Morgan fingerprint density at radius 2 is 2.00 bits per heavy atom. The Labute approximate surface area is 123 Å². The van der Waals surface area contributed by atoms with E-state index in [0.29, 0.717) is 12.1 Å². The second-order valence-corrected chi connectivity index (χ2v) is 5.05. The van der Waals surface area contributed by atoms with Gasteiger partial charge in [-0.25, -0.2) is 0 Å². The first kappa shape index (κ1) is 13.4. The fraction of sp³-hybridized carbons (Fsp3) is 0.176. The number of amides is 1. The molecule has 0 N–H and O–H groups in total. The highest BCUT2D eigenvalue weighted by Gasteiger charge is 2.16. The van der Waals surface area contributed by atoms with Gasteiger partial charge in [-0.3, -0.25) is 9.78 Å². The van der Waals surface area contributed by atoms with Gasteiger partial charge in [-0.2, -0.15) is 0 Å². The summed E-state index contributed by atoms with van der Waals surface area (Å²) in [6.45, 7) is 2.33. The highest BCUT2D eigenvalue weighted by molar-refractivity contribution is 6.05. The van der Waals surface area contributed by atoms with Gasteiger partial charge in [0.15, 0.2) is 0 Å². The van der Waals surface area contributed by atoms with E-state index in [4.69, 9.17) is 4.42 Å². The molecule has 4 nitrogen and oxygen atoms in total. The van der Waals surface area contributed by atoms with Crippen molar-refractivity contribution >= 4 is 16.8 Å². The summed E-state index contributed by atoms with van der Waals surface area (Å²) in [6, 6.07) is 13.2. The molecule has 0 aliphatic rings. The number of para-hydroxylation sites is 1. The zero-order valence-electron chi connectivity index (χ0n) is 12.0. The van der Waals surface area contributed by atoms with Crippen LogP contribution in [0.15, 0.2) is 53.1 Å². The third-order valence-corrected chi connectivity index (χ3v) is 3.40. The van der Waals surface area contributed by atoms with Gasteiger partial charge >= 0.3 is 0 Å². The smallest absolute Gasteiger partial charge is 0.256 e. The molecule has 0 radical (unpaired) electrons. The molecule has 1 amide bonds. The van der Waals surface area contributed by atoms with Crippen molar-refractivity contribution in [2.24, 2.45) is 0 Å². The molecule has 0 saturated carbocycles. The van der Waals surface area contributed by atoms with Gasteiger partial charge in [-0.1, -0.05) is 18.2 Å². The first-order chi connectivity index (χ1) is 10.1. The van der Waals surface area contributed by atoms with E-state index in [2.05, 4.69) is 4.98 Å². The zero-order valence-corrected chi connectivity index (χ0v) is 12.0. The summed E-state index contributed by atoms with van der Waals surface area (Å²) in [4.78, 5) is 18.6. The second-order valence-electron chi connectivity index (χ2n) is 5.05. The summed E-state index contributed by atoms with van der Waals surface area (Å²) >= 11 is 0. The highest BCUT2D eigenvalue weighted by Crippen LogP contribution is 2.18. The Morgan fingerprint density at radius 3 is 2.76 bits per heavy atom. The predicted molar refractivity (Wildman–Crippen MR) is 81.0 cm³/mol. The lowest BCUT2D eigenvalue weighted by atomic mass is 10.1. The van der Waals surface area contributed by atoms with Crippen molar-refractivity contribution in [3.05, 3.63) is 65.7 Å². The standard InChI is InChI=1S/C17H16N2O2/c1-12-8-9-14(21-12)11-19(2)17(20)15-7-3-5-13-6-4-10-18-16(13)15/h3-10H,11H2,1-2H3. The average molecular weight is 280 g/mol. The molecule has 0 spiro atoms. The fourth-order valence-corrected chi connectivity index (χ4v) is 2.36. The topological polar surface area (TPSA) is 46.3 Å². The maximum absolute atomic E-state index is 12.6. The molecule has 0 bridgehead atoms. The minimum absolute atomic E-state index is 0.0617. The quantitative estimate of drug-likeness (QED) is 0.738. The van der Waals surface area contributed by atoms with Crippen LogP contribution in [0.25, 0.3) is 10.9 Å². The predicted octanol–water partition coefficient (Wildman–Crippen LogP) is 3.41. The van der Waals surface area contributed by atoms with E-state index in [-0.39, 0.29) is 5.91 Å². The Morgan fingerprint density at radius 1 is 1.19 bits per heavy atom. The van der Waals surface area contributed by atoms with E-state index in [0.717, 1.165) is 22.4 Å². The van der Waals surface area contributed by atoms with Crippen LogP contribution in [0.5, 0.6) is 0 Å². The average Bonchev–Trinajstić information content (AvgIpc) is 2.91. The molecule has 0 atom stereocenters. The van der Waals surface area contributed by atoms with Gasteiger partial charge in [0.05, 0.1) is 17.6 Å². The molecule has 0 fully saturated rings. The lowest BCUT2D eigenvalue weighted by molar-refractivity contribution is 0.0776. The largest absolute Gasteiger partial charge is 0.464 e. The summed E-state index contributed by atoms with van der Waals surface area (Å²) in [5, 5.41) is 0.964. The maximum Gasteiger partial charge on any atom is 0.256 e. The van der Waals surface area contributed by atoms with Gasteiger partial charge in [0.2, 0.25) is 0 Å². The van der Waals surface area contributed by atoms with Crippen LogP contribution in [0, 0.1) is 6.92 Å². The van der Waals surface area contributed by atoms with Crippen molar-refractivity contribution in [2.75, 3.05) is 7.05 Å². The number of rotatable bonds is 3. The van der Waals surface area contributed by atoms with Crippen molar-refractivity contribution < 1.29 is 9.21 Å². The molecule has 21 heavy (non-hydrogen) atoms. The summed E-state index contributed by atoms with van der Waals surface area (Å²) < 4.78 is 5.52. The number of aromatic nitrogens is 1.